The Morgan fingerprint density at radius 1 is 1.13 bits per heavy atom. The van der Waals surface area contributed by atoms with Gasteiger partial charge in [-0.1, -0.05) is 25.8 Å². The van der Waals surface area contributed by atoms with Gasteiger partial charge >= 0.3 is 0 Å². The number of rotatable bonds is 7. The summed E-state index contributed by atoms with van der Waals surface area (Å²) in [5.41, 5.74) is 0. The zero-order valence-corrected chi connectivity index (χ0v) is 18.7. The van der Waals surface area contributed by atoms with Gasteiger partial charge in [0.15, 0.2) is 0 Å². The summed E-state index contributed by atoms with van der Waals surface area (Å²) >= 11 is 1.73. The fraction of sp³-hybridized carbons (Fsp3) is 0.696. The highest BCUT2D eigenvalue weighted by molar-refractivity contribution is 7.10. The van der Waals surface area contributed by atoms with Crippen molar-refractivity contribution < 1.29 is 14.4 Å². The van der Waals surface area contributed by atoms with Crippen LogP contribution in [0.4, 0.5) is 0 Å². The topological polar surface area (TPSA) is 69.7 Å². The lowest BCUT2D eigenvalue weighted by Crippen LogP contribution is -2.42. The minimum Gasteiger partial charge on any atom is -0.354 e. The van der Waals surface area contributed by atoms with Crippen LogP contribution >= 0.6 is 11.3 Å². The predicted octanol–water partition coefficient (Wildman–Crippen LogP) is 3.20. The normalized spacial score (nSPS) is 26.6. The summed E-state index contributed by atoms with van der Waals surface area (Å²) in [6.45, 7) is 5.19. The van der Waals surface area contributed by atoms with E-state index in [-0.39, 0.29) is 48.6 Å². The number of likely N-dealkylation sites (tertiary alicyclic amines) is 2. The molecule has 3 heterocycles. The Bertz CT molecular complexity index is 734. The van der Waals surface area contributed by atoms with Gasteiger partial charge in [-0.25, -0.2) is 0 Å². The van der Waals surface area contributed by atoms with Crippen LogP contribution in [0.3, 0.4) is 0 Å². The van der Waals surface area contributed by atoms with Gasteiger partial charge in [-0.15, -0.1) is 11.3 Å². The Hall–Kier alpha value is -1.73. The zero-order chi connectivity index (χ0) is 21.1. The van der Waals surface area contributed by atoms with E-state index in [1.54, 1.807) is 11.3 Å². The molecule has 1 aromatic heterocycles. The van der Waals surface area contributed by atoms with E-state index in [1.807, 2.05) is 0 Å². The van der Waals surface area contributed by atoms with Crippen LogP contribution < -0.4 is 5.32 Å². The third kappa shape index (κ3) is 4.62. The van der Waals surface area contributed by atoms with E-state index < -0.39 is 0 Å². The van der Waals surface area contributed by atoms with Gasteiger partial charge in [0.2, 0.25) is 17.7 Å². The first-order chi connectivity index (χ1) is 14.5. The highest BCUT2D eigenvalue weighted by Gasteiger charge is 2.47. The number of fused-ring (bicyclic) bond motifs is 1. The molecule has 2 aliphatic heterocycles. The predicted molar refractivity (Wildman–Crippen MR) is 117 cm³/mol. The van der Waals surface area contributed by atoms with Crippen molar-refractivity contribution in [2.45, 2.75) is 57.9 Å². The number of thiophene rings is 1. The second-order valence-electron chi connectivity index (χ2n) is 9.13. The Balaban J connectivity index is 1.30. The largest absolute Gasteiger partial charge is 0.354 e. The molecular formula is C23H33N3O3S. The number of piperidine rings is 1. The van der Waals surface area contributed by atoms with Crippen LogP contribution in [0.15, 0.2) is 17.5 Å². The molecule has 3 aliphatic rings. The van der Waals surface area contributed by atoms with E-state index in [0.717, 1.165) is 44.7 Å². The van der Waals surface area contributed by atoms with E-state index in [4.69, 9.17) is 0 Å². The number of nitrogens with one attached hydrogen (secondary N) is 1. The van der Waals surface area contributed by atoms with E-state index in [0.29, 0.717) is 6.54 Å². The van der Waals surface area contributed by atoms with Gasteiger partial charge in [0.1, 0.15) is 0 Å². The van der Waals surface area contributed by atoms with Crippen LogP contribution in [-0.2, 0) is 14.4 Å². The van der Waals surface area contributed by atoms with Gasteiger partial charge in [0, 0.05) is 24.4 Å². The molecule has 0 radical (unpaired) electrons. The number of imide groups is 1. The lowest BCUT2D eigenvalue weighted by Gasteiger charge is -2.36. The number of hydrogen-bond donors (Lipinski definition) is 1. The molecule has 7 heteroatoms. The van der Waals surface area contributed by atoms with Crippen molar-refractivity contribution in [1.82, 2.24) is 15.1 Å². The lowest BCUT2D eigenvalue weighted by atomic mass is 9.81. The highest BCUT2D eigenvalue weighted by atomic mass is 32.1. The average molecular weight is 432 g/mol. The lowest BCUT2D eigenvalue weighted by molar-refractivity contribution is -0.140. The fourth-order valence-electron chi connectivity index (χ4n) is 5.19. The van der Waals surface area contributed by atoms with E-state index in [2.05, 4.69) is 34.7 Å². The summed E-state index contributed by atoms with van der Waals surface area (Å²) in [6.07, 6.45) is 6.24. The summed E-state index contributed by atoms with van der Waals surface area (Å²) in [4.78, 5) is 42.8. The molecule has 30 heavy (non-hydrogen) atoms. The summed E-state index contributed by atoms with van der Waals surface area (Å²) in [5.74, 6) is 0.280. The first kappa shape index (κ1) is 21.5. The number of hydrogen-bond acceptors (Lipinski definition) is 5. The molecule has 1 aliphatic carbocycles. The molecule has 0 bridgehead atoms. The summed E-state index contributed by atoms with van der Waals surface area (Å²) < 4.78 is 0. The maximum atomic E-state index is 12.6. The molecule has 6 nitrogen and oxygen atoms in total. The maximum Gasteiger partial charge on any atom is 0.233 e. The number of carbonyl (C=O) groups is 3. The molecule has 4 rings (SSSR count). The average Bonchev–Trinajstić information content (AvgIpc) is 3.36. The minimum absolute atomic E-state index is 0.0589. The zero-order valence-electron chi connectivity index (χ0n) is 17.8. The second kappa shape index (κ2) is 9.60. The third-order valence-electron chi connectivity index (χ3n) is 7.12. The van der Waals surface area contributed by atoms with Crippen LogP contribution in [0, 0.1) is 17.8 Å². The summed E-state index contributed by atoms with van der Waals surface area (Å²) in [7, 11) is 0. The third-order valence-corrected chi connectivity index (χ3v) is 8.09. The van der Waals surface area contributed by atoms with Crippen molar-refractivity contribution in [2.75, 3.05) is 26.2 Å². The Labute approximate surface area is 183 Å². The Morgan fingerprint density at radius 3 is 2.40 bits per heavy atom. The van der Waals surface area contributed by atoms with Gasteiger partial charge in [-0.2, -0.15) is 0 Å². The monoisotopic (exact) mass is 431 g/mol. The van der Waals surface area contributed by atoms with Gasteiger partial charge < -0.3 is 5.32 Å². The quantitative estimate of drug-likeness (QED) is 0.673. The molecule has 3 atom stereocenters. The molecule has 1 saturated carbocycles. The molecule has 2 saturated heterocycles. The van der Waals surface area contributed by atoms with Gasteiger partial charge in [-0.3, -0.25) is 24.2 Å². The Morgan fingerprint density at radius 2 is 1.80 bits per heavy atom. The number of amides is 3. The molecule has 0 spiro atoms. The van der Waals surface area contributed by atoms with Crippen molar-refractivity contribution in [3.63, 3.8) is 0 Å². The summed E-state index contributed by atoms with van der Waals surface area (Å²) in [5, 5.41) is 5.16. The highest BCUT2D eigenvalue weighted by Crippen LogP contribution is 2.38. The maximum absolute atomic E-state index is 12.6. The van der Waals surface area contributed by atoms with Crippen LogP contribution in [0.5, 0.6) is 0 Å². The molecule has 0 unspecified atom stereocenters. The van der Waals surface area contributed by atoms with Gasteiger partial charge in [-0.05, 0) is 56.1 Å². The SMILES string of the molecule is CC1CCN([C@@H](CNC(=O)CCN2C(=O)[C@H]3CCCC[C@H]3C2=O)c2cccs2)CC1. The van der Waals surface area contributed by atoms with Crippen LogP contribution in [-0.4, -0.2) is 53.7 Å². The number of carbonyl (C=O) groups excluding carboxylic acids is 3. The molecular weight excluding hydrogens is 398 g/mol. The van der Waals surface area contributed by atoms with E-state index in [9.17, 15) is 14.4 Å². The van der Waals surface area contributed by atoms with Crippen LogP contribution in [0.2, 0.25) is 0 Å². The van der Waals surface area contributed by atoms with Crippen molar-refractivity contribution in [2.24, 2.45) is 17.8 Å². The van der Waals surface area contributed by atoms with Crippen molar-refractivity contribution >= 4 is 29.1 Å². The number of nitrogens with zero attached hydrogens (tertiary/aromatic N) is 2. The Kier molecular flexibility index (Phi) is 6.88. The van der Waals surface area contributed by atoms with Crippen molar-refractivity contribution in [3.05, 3.63) is 22.4 Å². The van der Waals surface area contributed by atoms with E-state index in [1.165, 1.54) is 22.6 Å². The van der Waals surface area contributed by atoms with Crippen molar-refractivity contribution in [3.8, 4) is 0 Å². The van der Waals surface area contributed by atoms with Crippen molar-refractivity contribution in [1.29, 1.82) is 0 Å². The van der Waals surface area contributed by atoms with Crippen LogP contribution in [0.1, 0.15) is 62.8 Å². The smallest absolute Gasteiger partial charge is 0.233 e. The van der Waals surface area contributed by atoms with Crippen LogP contribution in [0.25, 0.3) is 0 Å². The minimum atomic E-state index is -0.140. The molecule has 3 amide bonds. The first-order valence-electron chi connectivity index (χ1n) is 11.4. The standard InChI is InChI=1S/C23H33N3O3S/c1-16-8-11-25(12-9-16)19(20-7-4-14-30-20)15-24-21(27)10-13-26-22(28)17-5-2-3-6-18(17)23(26)29/h4,7,14,16-19H,2-3,5-6,8-13,15H2,1H3,(H,24,27)/t17-,18+,19-/m0/s1. The molecule has 164 valence electrons. The molecule has 0 aromatic carbocycles. The van der Waals surface area contributed by atoms with Gasteiger partial charge in [0.25, 0.3) is 0 Å². The second-order valence-corrected chi connectivity index (χ2v) is 10.1. The van der Waals surface area contributed by atoms with E-state index >= 15 is 0 Å². The molecule has 3 fully saturated rings. The molecule has 1 N–H and O–H groups in total. The summed E-state index contributed by atoms with van der Waals surface area (Å²) in [6, 6.07) is 4.40. The first-order valence-corrected chi connectivity index (χ1v) is 12.3. The molecule has 1 aromatic rings. The van der Waals surface area contributed by atoms with Gasteiger partial charge in [0.05, 0.1) is 17.9 Å². The fourth-order valence-corrected chi connectivity index (χ4v) is 6.06.